The number of fused-ring (bicyclic) bond motifs is 2. The molecule has 0 saturated carbocycles. The summed E-state index contributed by atoms with van der Waals surface area (Å²) < 4.78 is 0. The summed E-state index contributed by atoms with van der Waals surface area (Å²) in [7, 11) is 0. The van der Waals surface area contributed by atoms with E-state index in [4.69, 9.17) is 15.7 Å². The standard InChI is InChI=1S/C24H19N9S/c25-13-11-33(12-13)22-10-27-9-20(29-22)16-3-4-17-23(30-16)24(32-31-17)18-6-14-15(21-2-1-5-34-21)7-26-8-19(14)28-18/h1-10,13,28H,11-12,25H2,(H,31,32). The van der Waals surface area contributed by atoms with Crippen molar-refractivity contribution in [2.75, 3.05) is 18.0 Å². The molecule has 6 aromatic rings. The lowest BCUT2D eigenvalue weighted by molar-refractivity contribution is 0.514. The van der Waals surface area contributed by atoms with Crippen molar-refractivity contribution in [3.8, 4) is 33.2 Å². The summed E-state index contributed by atoms with van der Waals surface area (Å²) in [6.07, 6.45) is 7.24. The maximum absolute atomic E-state index is 5.92. The Kier molecular flexibility index (Phi) is 4.23. The highest BCUT2D eigenvalue weighted by Gasteiger charge is 2.25. The van der Waals surface area contributed by atoms with Crippen LogP contribution in [0.25, 0.3) is 55.2 Å². The predicted octanol–water partition coefficient (Wildman–Crippen LogP) is 3.83. The van der Waals surface area contributed by atoms with Gasteiger partial charge in [0, 0.05) is 41.2 Å². The molecule has 0 bridgehead atoms. The zero-order chi connectivity index (χ0) is 22.6. The zero-order valence-corrected chi connectivity index (χ0v) is 18.8. The highest BCUT2D eigenvalue weighted by Crippen LogP contribution is 2.35. The minimum atomic E-state index is 0.195. The molecule has 0 unspecified atom stereocenters. The number of H-pyrrole nitrogens is 2. The van der Waals surface area contributed by atoms with Crippen molar-refractivity contribution in [3.63, 3.8) is 0 Å². The van der Waals surface area contributed by atoms with Gasteiger partial charge < -0.3 is 15.6 Å². The molecule has 1 saturated heterocycles. The minimum absolute atomic E-state index is 0.195. The van der Waals surface area contributed by atoms with Crippen LogP contribution in [0.2, 0.25) is 0 Å². The van der Waals surface area contributed by atoms with Gasteiger partial charge in [-0.15, -0.1) is 11.3 Å². The Balaban J connectivity index is 1.31. The molecule has 0 aliphatic carbocycles. The molecule has 1 fully saturated rings. The van der Waals surface area contributed by atoms with Gasteiger partial charge in [-0.05, 0) is 29.6 Å². The number of anilines is 1. The van der Waals surface area contributed by atoms with Crippen molar-refractivity contribution in [1.82, 2.24) is 35.1 Å². The van der Waals surface area contributed by atoms with Crippen molar-refractivity contribution in [3.05, 3.63) is 60.5 Å². The van der Waals surface area contributed by atoms with Gasteiger partial charge in [0.25, 0.3) is 0 Å². The molecule has 1 aliphatic rings. The van der Waals surface area contributed by atoms with Gasteiger partial charge in [-0.25, -0.2) is 9.97 Å². The molecule has 9 nitrogen and oxygen atoms in total. The fourth-order valence-corrected chi connectivity index (χ4v) is 5.12. The van der Waals surface area contributed by atoms with Gasteiger partial charge in [-0.3, -0.25) is 15.1 Å². The highest BCUT2D eigenvalue weighted by atomic mass is 32.1. The van der Waals surface area contributed by atoms with E-state index in [-0.39, 0.29) is 6.04 Å². The first kappa shape index (κ1) is 19.3. The zero-order valence-electron chi connectivity index (χ0n) is 17.9. The Morgan fingerprint density at radius 1 is 0.971 bits per heavy atom. The predicted molar refractivity (Wildman–Crippen MR) is 134 cm³/mol. The molecule has 7 heterocycles. The second kappa shape index (κ2) is 7.44. The van der Waals surface area contributed by atoms with E-state index in [1.807, 2.05) is 30.6 Å². The van der Waals surface area contributed by atoms with Crippen LogP contribution in [0.4, 0.5) is 5.82 Å². The maximum atomic E-state index is 5.92. The summed E-state index contributed by atoms with van der Waals surface area (Å²) in [5.74, 6) is 0.817. The van der Waals surface area contributed by atoms with E-state index in [9.17, 15) is 0 Å². The average molecular weight is 466 g/mol. The number of pyridine rings is 2. The Bertz CT molecular complexity index is 1640. The van der Waals surface area contributed by atoms with Gasteiger partial charge in [0.2, 0.25) is 0 Å². The molecule has 1 aliphatic heterocycles. The number of hydrogen-bond acceptors (Lipinski definition) is 8. The topological polar surface area (TPSA) is 125 Å². The number of thiophene rings is 1. The summed E-state index contributed by atoms with van der Waals surface area (Å²) in [5.41, 5.74) is 12.7. The van der Waals surface area contributed by atoms with Crippen LogP contribution in [0, 0.1) is 0 Å². The van der Waals surface area contributed by atoms with Crippen molar-refractivity contribution in [1.29, 1.82) is 0 Å². The van der Waals surface area contributed by atoms with Crippen LogP contribution in [-0.2, 0) is 0 Å². The Morgan fingerprint density at radius 3 is 2.74 bits per heavy atom. The largest absolute Gasteiger partial charge is 0.352 e. The number of nitrogens with one attached hydrogen (secondary N) is 2. The summed E-state index contributed by atoms with van der Waals surface area (Å²) >= 11 is 1.70. The first-order valence-corrected chi connectivity index (χ1v) is 11.8. The lowest BCUT2D eigenvalue weighted by Crippen LogP contribution is -2.56. The third-order valence-electron chi connectivity index (χ3n) is 6.11. The first-order valence-electron chi connectivity index (χ1n) is 10.9. The third-order valence-corrected chi connectivity index (χ3v) is 7.02. The van der Waals surface area contributed by atoms with Crippen LogP contribution in [0.5, 0.6) is 0 Å². The molecule has 0 radical (unpaired) electrons. The van der Waals surface area contributed by atoms with Crippen LogP contribution in [0.1, 0.15) is 0 Å². The third kappa shape index (κ3) is 3.07. The summed E-state index contributed by atoms with van der Waals surface area (Å²) in [5, 5.41) is 10.8. The van der Waals surface area contributed by atoms with Crippen molar-refractivity contribution < 1.29 is 0 Å². The van der Waals surface area contributed by atoms with E-state index < -0.39 is 0 Å². The second-order valence-electron chi connectivity index (χ2n) is 8.40. The van der Waals surface area contributed by atoms with E-state index in [0.29, 0.717) is 5.69 Å². The smallest absolute Gasteiger partial charge is 0.147 e. The molecule has 6 aromatic heterocycles. The molecule has 7 rings (SSSR count). The van der Waals surface area contributed by atoms with Crippen LogP contribution < -0.4 is 10.6 Å². The maximum Gasteiger partial charge on any atom is 0.147 e. The molecule has 10 heteroatoms. The molecule has 166 valence electrons. The Hall–Kier alpha value is -4.15. The van der Waals surface area contributed by atoms with E-state index in [0.717, 1.165) is 63.5 Å². The summed E-state index contributed by atoms with van der Waals surface area (Å²) in [4.78, 5) is 25.2. The number of nitrogens with two attached hydrogens (primary N) is 1. The highest BCUT2D eigenvalue weighted by molar-refractivity contribution is 7.13. The van der Waals surface area contributed by atoms with Gasteiger partial charge in [-0.2, -0.15) is 5.10 Å². The quantitative estimate of drug-likeness (QED) is 0.361. The van der Waals surface area contributed by atoms with Gasteiger partial charge in [0.05, 0.1) is 41.0 Å². The van der Waals surface area contributed by atoms with E-state index in [1.165, 1.54) is 4.88 Å². The molecule has 0 aromatic carbocycles. The van der Waals surface area contributed by atoms with E-state index in [2.05, 4.69) is 47.6 Å². The first-order chi connectivity index (χ1) is 16.7. The number of aromatic amines is 2. The van der Waals surface area contributed by atoms with Crippen LogP contribution in [-0.4, -0.2) is 54.2 Å². The summed E-state index contributed by atoms with van der Waals surface area (Å²) in [6, 6.07) is 10.4. The van der Waals surface area contributed by atoms with E-state index in [1.54, 1.807) is 23.7 Å². The molecular formula is C24H19N9S. The van der Waals surface area contributed by atoms with Gasteiger partial charge in [0.1, 0.15) is 22.7 Å². The van der Waals surface area contributed by atoms with Crippen LogP contribution in [0.3, 0.4) is 0 Å². The second-order valence-corrected chi connectivity index (χ2v) is 9.35. The SMILES string of the molecule is NC1CN(c2cncc(-c3ccc4[nH]nc(-c5cc6c(-c7cccs7)cncc6[nH]5)c4n3)n2)C1. The van der Waals surface area contributed by atoms with Gasteiger partial charge in [0.15, 0.2) is 0 Å². The van der Waals surface area contributed by atoms with Crippen molar-refractivity contribution in [2.45, 2.75) is 6.04 Å². The fourth-order valence-electron chi connectivity index (χ4n) is 4.37. The average Bonchev–Trinajstić information content (AvgIpc) is 3.60. The fraction of sp³-hybridized carbons (Fsp3) is 0.125. The molecule has 0 amide bonds. The van der Waals surface area contributed by atoms with Crippen LogP contribution >= 0.6 is 11.3 Å². The summed E-state index contributed by atoms with van der Waals surface area (Å²) in [6.45, 7) is 1.58. The Morgan fingerprint density at radius 2 is 1.88 bits per heavy atom. The molecule has 4 N–H and O–H groups in total. The normalized spacial score (nSPS) is 14.2. The van der Waals surface area contributed by atoms with Crippen molar-refractivity contribution in [2.24, 2.45) is 5.73 Å². The van der Waals surface area contributed by atoms with Gasteiger partial charge >= 0.3 is 0 Å². The van der Waals surface area contributed by atoms with E-state index >= 15 is 0 Å². The molecule has 34 heavy (non-hydrogen) atoms. The van der Waals surface area contributed by atoms with Gasteiger partial charge in [-0.1, -0.05) is 6.07 Å². The number of rotatable bonds is 4. The van der Waals surface area contributed by atoms with Crippen molar-refractivity contribution >= 4 is 39.1 Å². The number of hydrogen-bond donors (Lipinski definition) is 3. The lowest BCUT2D eigenvalue weighted by Gasteiger charge is -2.37. The molecule has 0 spiro atoms. The number of nitrogens with zero attached hydrogens (tertiary/aromatic N) is 6. The molecule has 0 atom stereocenters. The van der Waals surface area contributed by atoms with Crippen LogP contribution in [0.15, 0.2) is 60.5 Å². The lowest BCUT2D eigenvalue weighted by atomic mass is 10.1. The molecular weight excluding hydrogens is 446 g/mol. The minimum Gasteiger partial charge on any atom is -0.352 e. The Labute approximate surface area is 197 Å². The monoisotopic (exact) mass is 465 g/mol. The number of aromatic nitrogens is 7.